The third-order valence-corrected chi connectivity index (χ3v) is 2.30. The van der Waals surface area contributed by atoms with Crippen LogP contribution in [-0.4, -0.2) is 38.6 Å². The van der Waals surface area contributed by atoms with E-state index in [0.29, 0.717) is 24.9 Å². The fourth-order valence-corrected chi connectivity index (χ4v) is 1.62. The summed E-state index contributed by atoms with van der Waals surface area (Å²) in [5, 5.41) is 0. The molecule has 0 N–H and O–H groups in total. The quantitative estimate of drug-likeness (QED) is 0.659. The van der Waals surface area contributed by atoms with Crippen LogP contribution in [0.1, 0.15) is 5.69 Å². The first-order chi connectivity index (χ1) is 7.36. The van der Waals surface area contributed by atoms with Gasteiger partial charge in [-0.2, -0.15) is 0 Å². The standard InChI is InChI=1S/C9H9N5O/c1-14-5-13-8-6(11-4-12-8)7(14)9-10-2-3-15-9/h4-5H,2-3H2,1H3. The maximum Gasteiger partial charge on any atom is 0.235 e. The van der Waals surface area contributed by atoms with E-state index < -0.39 is 0 Å². The van der Waals surface area contributed by atoms with Gasteiger partial charge in [0.05, 0.1) is 12.9 Å². The minimum atomic E-state index is 0.626. The number of hydrogen-bond donors (Lipinski definition) is 0. The van der Waals surface area contributed by atoms with Gasteiger partial charge in [-0.05, 0) is 0 Å². The highest BCUT2D eigenvalue weighted by Crippen LogP contribution is 2.20. The van der Waals surface area contributed by atoms with Crippen molar-refractivity contribution in [3.05, 3.63) is 18.3 Å². The molecule has 0 spiro atoms. The number of fused-ring (bicyclic) bond motifs is 1. The minimum absolute atomic E-state index is 0.626. The Bertz CT molecular complexity index is 503. The first-order valence-electron chi connectivity index (χ1n) is 4.66. The van der Waals surface area contributed by atoms with Gasteiger partial charge in [-0.15, -0.1) is 0 Å². The molecule has 3 heterocycles. The Balaban J connectivity index is 2.24. The molecule has 0 amide bonds. The molecule has 0 radical (unpaired) electrons. The van der Waals surface area contributed by atoms with Crippen molar-refractivity contribution in [2.75, 3.05) is 13.2 Å². The number of imidazole rings is 1. The van der Waals surface area contributed by atoms with Crippen LogP contribution in [0.15, 0.2) is 17.6 Å². The molecular formula is C9H9N5O. The van der Waals surface area contributed by atoms with Crippen molar-refractivity contribution in [3.63, 3.8) is 0 Å². The van der Waals surface area contributed by atoms with Gasteiger partial charge in [-0.1, -0.05) is 0 Å². The topological polar surface area (TPSA) is 65.2 Å². The number of hydrogen-bond acceptors (Lipinski definition) is 5. The molecule has 3 aliphatic heterocycles. The second kappa shape index (κ2) is 3.01. The van der Waals surface area contributed by atoms with Crippen LogP contribution in [0.5, 0.6) is 0 Å². The van der Waals surface area contributed by atoms with E-state index in [1.807, 2.05) is 11.6 Å². The van der Waals surface area contributed by atoms with E-state index in [1.165, 1.54) is 6.33 Å². The van der Waals surface area contributed by atoms with Gasteiger partial charge in [0, 0.05) is 7.05 Å². The Hall–Kier alpha value is -1.98. The maximum absolute atomic E-state index is 5.43. The third-order valence-electron chi connectivity index (χ3n) is 2.30. The summed E-state index contributed by atoms with van der Waals surface area (Å²) >= 11 is 0. The van der Waals surface area contributed by atoms with Crippen molar-refractivity contribution < 1.29 is 4.74 Å². The predicted octanol–water partition coefficient (Wildman–Crippen LogP) is 0.0917. The van der Waals surface area contributed by atoms with E-state index in [1.54, 1.807) is 6.33 Å². The number of aryl methyl sites for hydroxylation is 1. The van der Waals surface area contributed by atoms with Gasteiger partial charge in [0.2, 0.25) is 5.90 Å². The molecule has 0 saturated heterocycles. The summed E-state index contributed by atoms with van der Waals surface area (Å²) in [7, 11) is 1.89. The van der Waals surface area contributed by atoms with Crippen molar-refractivity contribution in [2.24, 2.45) is 12.0 Å². The summed E-state index contributed by atoms with van der Waals surface area (Å²) < 4.78 is 7.28. The van der Waals surface area contributed by atoms with Crippen LogP contribution in [0.4, 0.5) is 0 Å². The van der Waals surface area contributed by atoms with E-state index >= 15 is 0 Å². The summed E-state index contributed by atoms with van der Waals surface area (Å²) in [6.07, 6.45) is 3.19. The van der Waals surface area contributed by atoms with Crippen LogP contribution in [0, 0.1) is 0 Å². The SMILES string of the molecule is Cn1cnc2ncnc-2c1C1=NCCO1. The molecule has 0 unspecified atom stereocenters. The van der Waals surface area contributed by atoms with Crippen molar-refractivity contribution in [1.29, 1.82) is 0 Å². The summed E-state index contributed by atoms with van der Waals surface area (Å²) in [6, 6.07) is 0. The van der Waals surface area contributed by atoms with Gasteiger partial charge in [0.15, 0.2) is 5.82 Å². The molecule has 3 aliphatic rings. The smallest absolute Gasteiger partial charge is 0.235 e. The third kappa shape index (κ3) is 1.18. The Morgan fingerprint density at radius 2 is 2.27 bits per heavy atom. The van der Waals surface area contributed by atoms with Crippen molar-refractivity contribution in [3.8, 4) is 11.5 Å². The van der Waals surface area contributed by atoms with Gasteiger partial charge in [0.1, 0.15) is 24.3 Å². The molecular weight excluding hydrogens is 194 g/mol. The molecule has 0 aromatic heterocycles. The lowest BCUT2D eigenvalue weighted by molar-refractivity contribution is 0.346. The monoisotopic (exact) mass is 203 g/mol. The van der Waals surface area contributed by atoms with Crippen LogP contribution < -0.4 is 0 Å². The molecule has 6 heteroatoms. The molecule has 0 aromatic carbocycles. The van der Waals surface area contributed by atoms with Crippen LogP contribution in [0.2, 0.25) is 0 Å². The van der Waals surface area contributed by atoms with Gasteiger partial charge in [-0.25, -0.2) is 19.9 Å². The molecule has 0 bridgehead atoms. The second-order valence-corrected chi connectivity index (χ2v) is 3.29. The molecule has 0 aliphatic carbocycles. The van der Waals surface area contributed by atoms with E-state index in [-0.39, 0.29) is 0 Å². The average Bonchev–Trinajstić information content (AvgIpc) is 2.85. The van der Waals surface area contributed by atoms with E-state index in [9.17, 15) is 0 Å². The average molecular weight is 203 g/mol. The molecule has 6 nitrogen and oxygen atoms in total. The predicted molar refractivity (Wildman–Crippen MR) is 52.8 cm³/mol. The Morgan fingerprint density at radius 1 is 1.33 bits per heavy atom. The fraction of sp³-hybridized carbons (Fsp3) is 0.333. The molecule has 0 saturated carbocycles. The molecule has 3 rings (SSSR count). The van der Waals surface area contributed by atoms with E-state index in [0.717, 1.165) is 11.4 Å². The minimum Gasteiger partial charge on any atom is -0.474 e. The number of rotatable bonds is 1. The molecule has 76 valence electrons. The van der Waals surface area contributed by atoms with E-state index in [4.69, 9.17) is 4.74 Å². The highest BCUT2D eigenvalue weighted by molar-refractivity contribution is 5.98. The first-order valence-corrected chi connectivity index (χ1v) is 4.66. The molecule has 0 aromatic rings. The lowest BCUT2D eigenvalue weighted by Gasteiger charge is -2.10. The molecule has 15 heavy (non-hydrogen) atoms. The largest absolute Gasteiger partial charge is 0.474 e. The zero-order chi connectivity index (χ0) is 10.3. The summed E-state index contributed by atoms with van der Waals surface area (Å²) in [5.41, 5.74) is 1.58. The lowest BCUT2D eigenvalue weighted by atomic mass is 10.3. The number of aliphatic imine (C=N–C) groups is 1. The van der Waals surface area contributed by atoms with Crippen LogP contribution in [-0.2, 0) is 11.8 Å². The van der Waals surface area contributed by atoms with Gasteiger partial charge < -0.3 is 9.30 Å². The van der Waals surface area contributed by atoms with Crippen LogP contribution >= 0.6 is 0 Å². The molecule has 0 atom stereocenters. The fourth-order valence-electron chi connectivity index (χ4n) is 1.62. The Labute approximate surface area is 86.0 Å². The van der Waals surface area contributed by atoms with Crippen LogP contribution in [0.3, 0.4) is 0 Å². The normalized spacial score (nSPS) is 15.4. The second-order valence-electron chi connectivity index (χ2n) is 3.29. The van der Waals surface area contributed by atoms with Crippen LogP contribution in [0.25, 0.3) is 11.5 Å². The van der Waals surface area contributed by atoms with Gasteiger partial charge >= 0.3 is 0 Å². The summed E-state index contributed by atoms with van der Waals surface area (Å²) in [5.74, 6) is 1.26. The highest BCUT2D eigenvalue weighted by atomic mass is 16.5. The first kappa shape index (κ1) is 8.34. The number of nitrogens with zero attached hydrogens (tertiary/aromatic N) is 5. The van der Waals surface area contributed by atoms with Crippen molar-refractivity contribution in [1.82, 2.24) is 19.5 Å². The molecule has 0 fully saturated rings. The zero-order valence-corrected chi connectivity index (χ0v) is 8.21. The number of ether oxygens (including phenoxy) is 1. The van der Waals surface area contributed by atoms with Gasteiger partial charge in [-0.3, -0.25) is 0 Å². The summed E-state index contributed by atoms with van der Waals surface area (Å²) in [4.78, 5) is 16.6. The lowest BCUT2D eigenvalue weighted by Crippen LogP contribution is -2.14. The number of aromatic nitrogens is 4. The summed E-state index contributed by atoms with van der Waals surface area (Å²) in [6.45, 7) is 1.33. The van der Waals surface area contributed by atoms with Crippen molar-refractivity contribution >= 4 is 5.90 Å². The van der Waals surface area contributed by atoms with E-state index in [2.05, 4.69) is 19.9 Å². The Kier molecular flexibility index (Phi) is 1.67. The van der Waals surface area contributed by atoms with Gasteiger partial charge in [0.25, 0.3) is 0 Å². The zero-order valence-electron chi connectivity index (χ0n) is 8.21. The van der Waals surface area contributed by atoms with Crippen molar-refractivity contribution in [2.45, 2.75) is 0 Å². The highest BCUT2D eigenvalue weighted by Gasteiger charge is 2.22. The Morgan fingerprint density at radius 3 is 3.07 bits per heavy atom. The maximum atomic E-state index is 5.43.